The van der Waals surface area contributed by atoms with Crippen LogP contribution in [0, 0.1) is 0 Å². The first kappa shape index (κ1) is 14.4. The van der Waals surface area contributed by atoms with E-state index < -0.39 is 0 Å². The lowest BCUT2D eigenvalue weighted by Crippen LogP contribution is -2.19. The molecule has 1 aromatic carbocycles. The van der Waals surface area contributed by atoms with Crippen molar-refractivity contribution in [3.63, 3.8) is 0 Å². The molecule has 20 heavy (non-hydrogen) atoms. The lowest BCUT2D eigenvalue weighted by atomic mass is 10.1. The Kier molecular flexibility index (Phi) is 5.42. The van der Waals surface area contributed by atoms with Crippen molar-refractivity contribution in [3.05, 3.63) is 54.2 Å². The van der Waals surface area contributed by atoms with Crippen LogP contribution in [0.3, 0.4) is 0 Å². The molecule has 0 saturated carbocycles. The minimum atomic E-state index is 0.302. The first-order valence-corrected chi connectivity index (χ1v) is 7.18. The molecule has 1 heterocycles. The van der Waals surface area contributed by atoms with Gasteiger partial charge < -0.3 is 10.1 Å². The fraction of sp³-hybridized carbons (Fsp3) is 0.353. The summed E-state index contributed by atoms with van der Waals surface area (Å²) in [5.41, 5.74) is 1.32. The maximum absolute atomic E-state index is 5.71. The van der Waals surface area contributed by atoms with E-state index in [9.17, 15) is 0 Å². The molecule has 2 aromatic rings. The Hall–Kier alpha value is -2.03. The summed E-state index contributed by atoms with van der Waals surface area (Å²) in [5.74, 6) is 1.65. The molecule has 1 atom stereocenters. The predicted octanol–water partition coefficient (Wildman–Crippen LogP) is 3.91. The van der Waals surface area contributed by atoms with E-state index in [0.29, 0.717) is 12.6 Å². The maximum atomic E-state index is 5.71. The molecule has 0 aliphatic carbocycles. The Morgan fingerprint density at radius 3 is 2.70 bits per heavy atom. The normalized spacial score (nSPS) is 11.9. The largest absolute Gasteiger partial charge is 0.490 e. The van der Waals surface area contributed by atoms with Gasteiger partial charge in [-0.2, -0.15) is 0 Å². The van der Waals surface area contributed by atoms with E-state index in [-0.39, 0.29) is 0 Å². The molecule has 0 aliphatic rings. The number of nitrogens with one attached hydrogen (secondary N) is 1. The second-order valence-corrected chi connectivity index (χ2v) is 4.93. The molecule has 2 rings (SSSR count). The smallest absolute Gasteiger partial charge is 0.168 e. The molecule has 1 unspecified atom stereocenters. The summed E-state index contributed by atoms with van der Waals surface area (Å²) in [6.07, 6.45) is 3.74. The van der Waals surface area contributed by atoms with Crippen LogP contribution in [0.4, 0.5) is 5.82 Å². The molecule has 0 aliphatic heterocycles. The van der Waals surface area contributed by atoms with E-state index in [2.05, 4.69) is 48.4 Å². The van der Waals surface area contributed by atoms with Crippen LogP contribution in [0.2, 0.25) is 0 Å². The second-order valence-electron chi connectivity index (χ2n) is 4.93. The summed E-state index contributed by atoms with van der Waals surface area (Å²) in [6, 6.07) is 14.6. The Labute approximate surface area is 121 Å². The fourth-order valence-corrected chi connectivity index (χ4v) is 2.08. The molecular weight excluding hydrogens is 248 g/mol. The van der Waals surface area contributed by atoms with Gasteiger partial charge in [0.15, 0.2) is 11.6 Å². The Morgan fingerprint density at radius 2 is 1.95 bits per heavy atom. The molecule has 1 N–H and O–H groups in total. The molecule has 0 radical (unpaired) electrons. The van der Waals surface area contributed by atoms with Crippen LogP contribution in [-0.2, 0) is 6.42 Å². The van der Waals surface area contributed by atoms with Crippen LogP contribution in [0.15, 0.2) is 48.7 Å². The third-order valence-electron chi connectivity index (χ3n) is 3.00. The van der Waals surface area contributed by atoms with Crippen LogP contribution in [0.25, 0.3) is 0 Å². The van der Waals surface area contributed by atoms with Crippen LogP contribution in [0.1, 0.15) is 25.8 Å². The van der Waals surface area contributed by atoms with E-state index in [1.54, 1.807) is 6.20 Å². The summed E-state index contributed by atoms with van der Waals surface area (Å²) < 4.78 is 5.71. The third kappa shape index (κ3) is 4.26. The Morgan fingerprint density at radius 1 is 1.15 bits per heavy atom. The van der Waals surface area contributed by atoms with Crippen molar-refractivity contribution < 1.29 is 4.74 Å². The molecule has 0 amide bonds. The first-order chi connectivity index (χ1) is 9.79. The van der Waals surface area contributed by atoms with Crippen molar-refractivity contribution in [2.75, 3.05) is 11.9 Å². The molecule has 0 bridgehead atoms. The van der Waals surface area contributed by atoms with E-state index in [1.807, 2.05) is 18.2 Å². The number of rotatable bonds is 7. The summed E-state index contributed by atoms with van der Waals surface area (Å²) >= 11 is 0. The van der Waals surface area contributed by atoms with Crippen molar-refractivity contribution >= 4 is 5.82 Å². The average molecular weight is 270 g/mol. The van der Waals surface area contributed by atoms with Gasteiger partial charge >= 0.3 is 0 Å². The molecule has 106 valence electrons. The van der Waals surface area contributed by atoms with Gasteiger partial charge in [-0.25, -0.2) is 4.98 Å². The van der Waals surface area contributed by atoms with E-state index in [4.69, 9.17) is 4.74 Å². The predicted molar refractivity (Wildman–Crippen MR) is 83.3 cm³/mol. The average Bonchev–Trinajstić information content (AvgIpc) is 2.47. The van der Waals surface area contributed by atoms with Crippen LogP contribution in [0.5, 0.6) is 5.75 Å². The van der Waals surface area contributed by atoms with E-state index in [0.717, 1.165) is 24.4 Å². The molecular formula is C17H22N2O. The van der Waals surface area contributed by atoms with Gasteiger partial charge in [-0.15, -0.1) is 0 Å². The third-order valence-corrected chi connectivity index (χ3v) is 3.00. The van der Waals surface area contributed by atoms with Crippen molar-refractivity contribution in [1.29, 1.82) is 0 Å². The zero-order valence-corrected chi connectivity index (χ0v) is 12.2. The summed E-state index contributed by atoms with van der Waals surface area (Å²) in [5, 5.41) is 3.43. The SMILES string of the molecule is CCCOc1cccnc1NC(C)Cc1ccccc1. The van der Waals surface area contributed by atoms with Crippen LogP contribution >= 0.6 is 0 Å². The first-order valence-electron chi connectivity index (χ1n) is 7.18. The zero-order chi connectivity index (χ0) is 14.2. The standard InChI is InChI=1S/C17H22N2O/c1-3-12-20-16-10-7-11-18-17(16)19-14(2)13-15-8-5-4-6-9-15/h4-11,14H,3,12-13H2,1-2H3,(H,18,19). The summed E-state index contributed by atoms with van der Waals surface area (Å²) in [4.78, 5) is 4.38. The highest BCUT2D eigenvalue weighted by Crippen LogP contribution is 2.22. The highest BCUT2D eigenvalue weighted by Gasteiger charge is 2.08. The number of hydrogen-bond acceptors (Lipinski definition) is 3. The minimum absolute atomic E-state index is 0.302. The molecule has 0 saturated heterocycles. The topological polar surface area (TPSA) is 34.1 Å². The number of benzene rings is 1. The minimum Gasteiger partial charge on any atom is -0.490 e. The van der Waals surface area contributed by atoms with Crippen molar-refractivity contribution in [3.8, 4) is 5.75 Å². The van der Waals surface area contributed by atoms with Gasteiger partial charge in [-0.1, -0.05) is 37.3 Å². The van der Waals surface area contributed by atoms with Gasteiger partial charge in [0.05, 0.1) is 6.61 Å². The number of anilines is 1. The number of hydrogen-bond donors (Lipinski definition) is 1. The molecule has 3 heteroatoms. The van der Waals surface area contributed by atoms with Gasteiger partial charge in [0.1, 0.15) is 0 Å². The monoisotopic (exact) mass is 270 g/mol. The van der Waals surface area contributed by atoms with Gasteiger partial charge in [0.25, 0.3) is 0 Å². The number of pyridine rings is 1. The van der Waals surface area contributed by atoms with E-state index >= 15 is 0 Å². The lowest BCUT2D eigenvalue weighted by molar-refractivity contribution is 0.317. The van der Waals surface area contributed by atoms with Gasteiger partial charge in [-0.3, -0.25) is 0 Å². The Bertz CT molecular complexity index is 513. The van der Waals surface area contributed by atoms with Gasteiger partial charge in [-0.05, 0) is 37.5 Å². The molecule has 0 spiro atoms. The van der Waals surface area contributed by atoms with Crippen molar-refractivity contribution in [2.45, 2.75) is 32.7 Å². The van der Waals surface area contributed by atoms with Crippen LogP contribution in [-0.4, -0.2) is 17.6 Å². The maximum Gasteiger partial charge on any atom is 0.168 e. The van der Waals surface area contributed by atoms with Crippen molar-refractivity contribution in [1.82, 2.24) is 4.98 Å². The molecule has 0 fully saturated rings. The highest BCUT2D eigenvalue weighted by atomic mass is 16.5. The fourth-order valence-electron chi connectivity index (χ4n) is 2.08. The number of nitrogens with zero attached hydrogens (tertiary/aromatic N) is 1. The highest BCUT2D eigenvalue weighted by molar-refractivity contribution is 5.50. The quantitative estimate of drug-likeness (QED) is 0.828. The Balaban J connectivity index is 1.98. The van der Waals surface area contributed by atoms with Gasteiger partial charge in [0, 0.05) is 12.2 Å². The second kappa shape index (κ2) is 7.53. The van der Waals surface area contributed by atoms with E-state index in [1.165, 1.54) is 5.56 Å². The number of ether oxygens (including phenoxy) is 1. The van der Waals surface area contributed by atoms with Crippen LogP contribution < -0.4 is 10.1 Å². The summed E-state index contributed by atoms with van der Waals surface area (Å²) in [7, 11) is 0. The lowest BCUT2D eigenvalue weighted by Gasteiger charge is -2.17. The molecule has 3 nitrogen and oxygen atoms in total. The summed E-state index contributed by atoms with van der Waals surface area (Å²) in [6.45, 7) is 4.97. The number of aromatic nitrogens is 1. The van der Waals surface area contributed by atoms with Gasteiger partial charge in [0.2, 0.25) is 0 Å². The molecule has 1 aromatic heterocycles. The zero-order valence-electron chi connectivity index (χ0n) is 12.2. The van der Waals surface area contributed by atoms with Crippen molar-refractivity contribution in [2.24, 2.45) is 0 Å².